The van der Waals surface area contributed by atoms with Crippen LogP contribution >= 0.6 is 0 Å². The SMILES string of the molecule is O=C(CC1CCCCO1)NC1CC(N=C2CC(n3c(C(F)F)nc4ccccc43)N=C(N3CCOCC3)N2)C1. The standard InChI is InChI=1S/C27H35F2N7O3/c28-25(29)26-32-20-6-1-2-7-21(20)36(26)23-16-22(33-27(34-23)35-8-11-38-12-9-35)30-17-13-18(14-17)31-24(37)15-19-5-3-4-10-39-19/h1-2,6-7,17-19,23,25H,3-5,8-16H2,(H,31,37)(H,30,33,34). The van der Waals surface area contributed by atoms with E-state index in [1.54, 1.807) is 22.8 Å². The molecule has 1 aromatic heterocycles. The number of aliphatic imine (C=N–C) groups is 2. The molecule has 0 bridgehead atoms. The Balaban J connectivity index is 1.17. The first-order chi connectivity index (χ1) is 19.0. The third-order valence-electron chi connectivity index (χ3n) is 7.83. The molecule has 2 N–H and O–H groups in total. The Kier molecular flexibility index (Phi) is 7.73. The summed E-state index contributed by atoms with van der Waals surface area (Å²) in [5, 5.41) is 6.48. The molecule has 6 rings (SSSR count). The zero-order valence-corrected chi connectivity index (χ0v) is 21.9. The van der Waals surface area contributed by atoms with E-state index in [0.29, 0.717) is 62.0 Å². The van der Waals surface area contributed by atoms with Crippen LogP contribution in [0.5, 0.6) is 0 Å². The van der Waals surface area contributed by atoms with Gasteiger partial charge in [0.1, 0.15) is 12.0 Å². The predicted octanol–water partition coefficient (Wildman–Crippen LogP) is 3.16. The third-order valence-corrected chi connectivity index (χ3v) is 7.83. The lowest BCUT2D eigenvalue weighted by Crippen LogP contribution is -2.52. The summed E-state index contributed by atoms with van der Waals surface area (Å²) in [6, 6.07) is 7.29. The number of guanidine groups is 1. The molecule has 1 aromatic carbocycles. The van der Waals surface area contributed by atoms with Gasteiger partial charge in [-0.3, -0.25) is 14.4 Å². The van der Waals surface area contributed by atoms with Crippen LogP contribution in [0.4, 0.5) is 8.78 Å². The van der Waals surface area contributed by atoms with Crippen molar-refractivity contribution in [2.24, 2.45) is 9.98 Å². The molecule has 1 amide bonds. The number of benzene rings is 1. The maximum atomic E-state index is 14.1. The molecule has 2 aromatic rings. The molecule has 12 heteroatoms. The highest BCUT2D eigenvalue weighted by Gasteiger charge is 2.34. The van der Waals surface area contributed by atoms with Crippen LogP contribution < -0.4 is 10.6 Å². The van der Waals surface area contributed by atoms with E-state index >= 15 is 0 Å². The summed E-state index contributed by atoms with van der Waals surface area (Å²) in [7, 11) is 0. The van der Waals surface area contributed by atoms with E-state index in [0.717, 1.165) is 38.7 Å². The van der Waals surface area contributed by atoms with Crippen LogP contribution in [0.1, 0.15) is 63.4 Å². The Hall–Kier alpha value is -3.12. The average molecular weight is 544 g/mol. The van der Waals surface area contributed by atoms with Gasteiger partial charge in [-0.2, -0.15) is 0 Å². The van der Waals surface area contributed by atoms with Gasteiger partial charge in [0.15, 0.2) is 5.82 Å². The summed E-state index contributed by atoms with van der Waals surface area (Å²) in [5.74, 6) is 1.06. The predicted molar refractivity (Wildman–Crippen MR) is 142 cm³/mol. The number of halogens is 2. The number of morpholine rings is 1. The van der Waals surface area contributed by atoms with Crippen LogP contribution in [0.2, 0.25) is 0 Å². The van der Waals surface area contributed by atoms with Crippen LogP contribution in [0.25, 0.3) is 11.0 Å². The smallest absolute Gasteiger partial charge is 0.295 e. The lowest BCUT2D eigenvalue weighted by molar-refractivity contribution is -0.126. The number of carbonyl (C=O) groups excluding carboxylic acids is 1. The quantitative estimate of drug-likeness (QED) is 0.580. The normalized spacial score (nSPS) is 28.7. The van der Waals surface area contributed by atoms with E-state index < -0.39 is 12.6 Å². The lowest BCUT2D eigenvalue weighted by atomic mass is 9.87. The Morgan fingerprint density at radius 3 is 2.77 bits per heavy atom. The number of para-hydroxylation sites is 2. The Bertz CT molecular complexity index is 1230. The number of alkyl halides is 2. The van der Waals surface area contributed by atoms with E-state index in [9.17, 15) is 13.6 Å². The molecule has 210 valence electrons. The monoisotopic (exact) mass is 543 g/mol. The van der Waals surface area contributed by atoms with Crippen molar-refractivity contribution in [1.29, 1.82) is 0 Å². The number of amides is 1. The Morgan fingerprint density at radius 1 is 1.18 bits per heavy atom. The minimum Gasteiger partial charge on any atom is -0.378 e. The highest BCUT2D eigenvalue weighted by Crippen LogP contribution is 2.32. The fraction of sp³-hybridized carbons (Fsp3) is 0.630. The van der Waals surface area contributed by atoms with Crippen molar-refractivity contribution in [2.75, 3.05) is 32.9 Å². The van der Waals surface area contributed by atoms with Gasteiger partial charge in [0.25, 0.3) is 6.43 Å². The topological polar surface area (TPSA) is 105 Å². The van der Waals surface area contributed by atoms with Crippen LogP contribution in [-0.2, 0) is 14.3 Å². The number of hydrogen-bond donors (Lipinski definition) is 2. The third kappa shape index (κ3) is 5.91. The number of hydrogen-bond acceptors (Lipinski definition) is 7. The number of aromatic nitrogens is 2. The molecule has 1 aliphatic carbocycles. The minimum absolute atomic E-state index is 0.0218. The highest BCUT2D eigenvalue weighted by atomic mass is 19.3. The molecule has 1 saturated carbocycles. The van der Waals surface area contributed by atoms with E-state index in [1.165, 1.54) is 0 Å². The number of carbonyl (C=O) groups is 1. The van der Waals surface area contributed by atoms with Crippen LogP contribution in [0.3, 0.4) is 0 Å². The number of amidine groups is 1. The summed E-state index contributed by atoms with van der Waals surface area (Å²) in [6.45, 7) is 3.19. The molecule has 0 radical (unpaired) electrons. The Morgan fingerprint density at radius 2 is 2.00 bits per heavy atom. The number of imidazole rings is 1. The lowest BCUT2D eigenvalue weighted by Gasteiger charge is -2.37. The minimum atomic E-state index is -2.73. The number of nitrogens with zero attached hydrogens (tertiary/aromatic N) is 5. The molecule has 3 fully saturated rings. The molecule has 0 spiro atoms. The molecule has 10 nitrogen and oxygen atoms in total. The first-order valence-electron chi connectivity index (χ1n) is 13.9. The molecule has 4 heterocycles. The van der Waals surface area contributed by atoms with Crippen molar-refractivity contribution in [2.45, 2.75) is 75.7 Å². The van der Waals surface area contributed by atoms with Gasteiger partial charge in [0.2, 0.25) is 11.9 Å². The van der Waals surface area contributed by atoms with Crippen molar-refractivity contribution < 1.29 is 23.0 Å². The molecule has 2 unspecified atom stereocenters. The number of fused-ring (bicyclic) bond motifs is 1. The maximum Gasteiger partial charge on any atom is 0.295 e. The first-order valence-corrected chi connectivity index (χ1v) is 13.9. The van der Waals surface area contributed by atoms with Crippen molar-refractivity contribution >= 4 is 28.7 Å². The summed E-state index contributed by atoms with van der Waals surface area (Å²) in [4.78, 5) is 28.6. The summed E-state index contributed by atoms with van der Waals surface area (Å²) in [6.07, 6.45) is 2.04. The van der Waals surface area contributed by atoms with Crippen molar-refractivity contribution in [3.63, 3.8) is 0 Å². The van der Waals surface area contributed by atoms with Crippen molar-refractivity contribution in [1.82, 2.24) is 25.1 Å². The largest absolute Gasteiger partial charge is 0.378 e. The van der Waals surface area contributed by atoms with Gasteiger partial charge in [0, 0.05) is 32.2 Å². The molecule has 39 heavy (non-hydrogen) atoms. The van der Waals surface area contributed by atoms with Crippen molar-refractivity contribution in [3.05, 3.63) is 30.1 Å². The van der Waals surface area contributed by atoms with E-state index in [-0.39, 0.29) is 29.9 Å². The molecular formula is C27H35F2N7O3. The van der Waals surface area contributed by atoms with Crippen LogP contribution in [0, 0.1) is 0 Å². The van der Waals surface area contributed by atoms with Gasteiger partial charge in [-0.25, -0.2) is 18.8 Å². The average Bonchev–Trinajstić information content (AvgIpc) is 3.33. The second kappa shape index (κ2) is 11.5. The van der Waals surface area contributed by atoms with E-state index in [4.69, 9.17) is 19.5 Å². The highest BCUT2D eigenvalue weighted by molar-refractivity contribution is 6.02. The first kappa shape index (κ1) is 26.1. The molecule has 2 atom stereocenters. The van der Waals surface area contributed by atoms with Crippen molar-refractivity contribution in [3.8, 4) is 0 Å². The second-order valence-corrected chi connectivity index (χ2v) is 10.6. The van der Waals surface area contributed by atoms with Gasteiger partial charge in [0.05, 0.1) is 42.8 Å². The van der Waals surface area contributed by atoms with Gasteiger partial charge in [-0.15, -0.1) is 0 Å². The zero-order valence-electron chi connectivity index (χ0n) is 21.9. The fourth-order valence-corrected chi connectivity index (χ4v) is 5.77. The van der Waals surface area contributed by atoms with Crippen LogP contribution in [0.15, 0.2) is 34.3 Å². The van der Waals surface area contributed by atoms with E-state index in [2.05, 4.69) is 20.5 Å². The van der Waals surface area contributed by atoms with Gasteiger partial charge in [-0.1, -0.05) is 12.1 Å². The summed E-state index contributed by atoms with van der Waals surface area (Å²) >= 11 is 0. The number of ether oxygens (including phenoxy) is 2. The van der Waals surface area contributed by atoms with Gasteiger partial charge < -0.3 is 25.0 Å². The van der Waals surface area contributed by atoms with Gasteiger partial charge >= 0.3 is 0 Å². The molecule has 4 aliphatic rings. The second-order valence-electron chi connectivity index (χ2n) is 10.6. The molecule has 2 saturated heterocycles. The van der Waals surface area contributed by atoms with Gasteiger partial charge in [-0.05, 0) is 44.2 Å². The maximum absolute atomic E-state index is 14.1. The molecule has 3 aliphatic heterocycles. The fourth-order valence-electron chi connectivity index (χ4n) is 5.77. The van der Waals surface area contributed by atoms with Crippen LogP contribution in [-0.4, -0.2) is 83.3 Å². The Labute approximate surface area is 225 Å². The molecular weight excluding hydrogens is 508 g/mol. The number of rotatable bonds is 6. The van der Waals surface area contributed by atoms with E-state index in [1.807, 2.05) is 6.07 Å². The zero-order chi connectivity index (χ0) is 26.8. The number of nitrogens with one attached hydrogen (secondary N) is 2. The summed E-state index contributed by atoms with van der Waals surface area (Å²) < 4.78 is 40.9. The summed E-state index contributed by atoms with van der Waals surface area (Å²) in [5.41, 5.74) is 1.14.